The van der Waals surface area contributed by atoms with E-state index >= 15 is 0 Å². The van der Waals surface area contributed by atoms with E-state index in [4.69, 9.17) is 0 Å². The molecule has 0 saturated heterocycles. The Labute approximate surface area is 87.5 Å². The summed E-state index contributed by atoms with van der Waals surface area (Å²) in [6, 6.07) is 0. The normalized spacial score (nSPS) is 11.4. The monoisotopic (exact) mass is 282 g/mol. The van der Waals surface area contributed by atoms with Gasteiger partial charge in [-0.15, -0.1) is 0 Å². The van der Waals surface area contributed by atoms with Gasteiger partial charge in [0, 0.05) is 6.08 Å². The van der Waals surface area contributed by atoms with E-state index in [0.29, 0.717) is 0 Å². The lowest BCUT2D eigenvalue weighted by atomic mass is 10.2. The molecule has 0 N–H and O–H groups in total. The predicted molar refractivity (Wildman–Crippen MR) is 58.3 cm³/mol. The molecule has 0 spiro atoms. The molecule has 0 fully saturated rings. The fourth-order valence-electron chi connectivity index (χ4n) is 0.803. The van der Waals surface area contributed by atoms with Gasteiger partial charge in [-0.25, -0.2) is 4.79 Å². The molecule has 0 bridgehead atoms. The van der Waals surface area contributed by atoms with Crippen LogP contribution in [0.1, 0.15) is 32.6 Å². The van der Waals surface area contributed by atoms with Gasteiger partial charge in [-0.2, -0.15) is 0 Å². The standard InChI is InChI=1S/C9H15IO2/c1-3-4-5-6-8(10)7-9(11)12-2/h7H,3-6H2,1-2H3/b8-7+. The lowest BCUT2D eigenvalue weighted by Crippen LogP contribution is -1.94. The molecule has 0 rings (SSSR count). The number of rotatable bonds is 5. The Kier molecular flexibility index (Phi) is 7.54. The number of unbranched alkanes of at least 4 members (excludes halogenated alkanes) is 2. The smallest absolute Gasteiger partial charge is 0.331 e. The van der Waals surface area contributed by atoms with Gasteiger partial charge in [0.25, 0.3) is 0 Å². The van der Waals surface area contributed by atoms with Crippen molar-refractivity contribution in [2.75, 3.05) is 7.11 Å². The Morgan fingerprint density at radius 1 is 1.50 bits per heavy atom. The van der Waals surface area contributed by atoms with E-state index in [1.54, 1.807) is 6.08 Å². The molecule has 0 aromatic heterocycles. The molecule has 0 amide bonds. The predicted octanol–water partition coefficient (Wildman–Crippen LogP) is 3.06. The zero-order chi connectivity index (χ0) is 9.40. The van der Waals surface area contributed by atoms with Gasteiger partial charge in [-0.3, -0.25) is 0 Å². The highest BCUT2D eigenvalue weighted by Gasteiger charge is 1.97. The zero-order valence-corrected chi connectivity index (χ0v) is 9.76. The van der Waals surface area contributed by atoms with Crippen LogP contribution in [0.3, 0.4) is 0 Å². The van der Waals surface area contributed by atoms with Crippen molar-refractivity contribution in [3.05, 3.63) is 9.66 Å². The largest absolute Gasteiger partial charge is 0.466 e. The van der Waals surface area contributed by atoms with Crippen LogP contribution in [0.2, 0.25) is 0 Å². The van der Waals surface area contributed by atoms with Crippen molar-refractivity contribution in [2.24, 2.45) is 0 Å². The molecule has 3 heteroatoms. The van der Waals surface area contributed by atoms with Crippen molar-refractivity contribution in [3.63, 3.8) is 0 Å². The third-order valence-corrected chi connectivity index (χ3v) is 2.35. The molecule has 0 aliphatic carbocycles. The third-order valence-electron chi connectivity index (χ3n) is 1.49. The summed E-state index contributed by atoms with van der Waals surface area (Å²) in [6.45, 7) is 2.16. The lowest BCUT2D eigenvalue weighted by molar-refractivity contribution is -0.134. The van der Waals surface area contributed by atoms with Crippen molar-refractivity contribution in [1.29, 1.82) is 0 Å². The van der Waals surface area contributed by atoms with Gasteiger partial charge in [0.15, 0.2) is 0 Å². The summed E-state index contributed by atoms with van der Waals surface area (Å²) < 4.78 is 5.58. The van der Waals surface area contributed by atoms with E-state index in [0.717, 1.165) is 16.4 Å². The summed E-state index contributed by atoms with van der Waals surface area (Å²) >= 11 is 2.18. The molecular weight excluding hydrogens is 267 g/mol. The van der Waals surface area contributed by atoms with Crippen LogP contribution >= 0.6 is 22.6 Å². The number of allylic oxidation sites excluding steroid dienone is 1. The van der Waals surface area contributed by atoms with Gasteiger partial charge in [-0.1, -0.05) is 19.8 Å². The molecular formula is C9H15IO2. The van der Waals surface area contributed by atoms with Crippen LogP contribution in [0.5, 0.6) is 0 Å². The highest BCUT2D eigenvalue weighted by molar-refractivity contribution is 14.1. The highest BCUT2D eigenvalue weighted by atomic mass is 127. The molecule has 0 atom stereocenters. The minimum absolute atomic E-state index is 0.254. The van der Waals surface area contributed by atoms with Crippen molar-refractivity contribution < 1.29 is 9.53 Å². The van der Waals surface area contributed by atoms with Crippen LogP contribution in [0.4, 0.5) is 0 Å². The second-order valence-electron chi connectivity index (χ2n) is 2.57. The van der Waals surface area contributed by atoms with Crippen molar-refractivity contribution in [3.8, 4) is 0 Å². The lowest BCUT2D eigenvalue weighted by Gasteiger charge is -1.97. The van der Waals surface area contributed by atoms with Crippen LogP contribution in [-0.4, -0.2) is 13.1 Å². The fraction of sp³-hybridized carbons (Fsp3) is 0.667. The number of carbonyl (C=O) groups excluding carboxylic acids is 1. The van der Waals surface area contributed by atoms with E-state index in [1.165, 1.54) is 20.0 Å². The van der Waals surface area contributed by atoms with Gasteiger partial charge < -0.3 is 4.74 Å². The number of methoxy groups -OCH3 is 1. The van der Waals surface area contributed by atoms with Gasteiger partial charge in [0.05, 0.1) is 7.11 Å². The highest BCUT2D eigenvalue weighted by Crippen LogP contribution is 2.15. The summed E-state index contributed by atoms with van der Waals surface area (Å²) in [5.41, 5.74) is 0. The Bertz CT molecular complexity index is 164. The van der Waals surface area contributed by atoms with Crippen molar-refractivity contribution in [2.45, 2.75) is 32.6 Å². The number of carbonyl (C=O) groups is 1. The molecule has 0 radical (unpaired) electrons. The van der Waals surface area contributed by atoms with Gasteiger partial charge in [-0.05, 0) is 39.0 Å². The van der Waals surface area contributed by atoms with Gasteiger partial charge >= 0.3 is 5.97 Å². The molecule has 0 aromatic rings. The zero-order valence-electron chi connectivity index (χ0n) is 7.60. The number of hydrogen-bond acceptors (Lipinski definition) is 2. The Morgan fingerprint density at radius 2 is 2.17 bits per heavy atom. The average molecular weight is 282 g/mol. The first-order valence-corrected chi connectivity index (χ1v) is 5.22. The van der Waals surface area contributed by atoms with Crippen LogP contribution in [0.25, 0.3) is 0 Å². The third kappa shape index (κ3) is 6.64. The van der Waals surface area contributed by atoms with E-state index in [9.17, 15) is 4.79 Å². The first kappa shape index (κ1) is 11.9. The molecule has 0 heterocycles. The summed E-state index contributed by atoms with van der Waals surface area (Å²) in [5.74, 6) is -0.254. The molecule has 0 aliphatic heterocycles. The van der Waals surface area contributed by atoms with Crippen LogP contribution in [0.15, 0.2) is 9.66 Å². The van der Waals surface area contributed by atoms with E-state index < -0.39 is 0 Å². The Hall–Kier alpha value is -0.0600. The minimum Gasteiger partial charge on any atom is -0.466 e. The van der Waals surface area contributed by atoms with Crippen molar-refractivity contribution in [1.82, 2.24) is 0 Å². The van der Waals surface area contributed by atoms with Crippen molar-refractivity contribution >= 4 is 28.6 Å². The Morgan fingerprint density at radius 3 is 2.67 bits per heavy atom. The maximum Gasteiger partial charge on any atom is 0.331 e. The number of halogens is 1. The fourth-order valence-corrected chi connectivity index (χ4v) is 1.44. The molecule has 70 valence electrons. The van der Waals surface area contributed by atoms with E-state index in [2.05, 4.69) is 34.3 Å². The quantitative estimate of drug-likeness (QED) is 0.335. The molecule has 0 saturated carbocycles. The van der Waals surface area contributed by atoms with Gasteiger partial charge in [0.1, 0.15) is 0 Å². The molecule has 0 aliphatic rings. The van der Waals surface area contributed by atoms with Crippen LogP contribution < -0.4 is 0 Å². The second-order valence-corrected chi connectivity index (χ2v) is 3.96. The SMILES string of the molecule is CCCCC/C(I)=C\C(=O)OC. The summed E-state index contributed by atoms with van der Waals surface area (Å²) in [7, 11) is 1.40. The van der Waals surface area contributed by atoms with Crippen LogP contribution in [0, 0.1) is 0 Å². The maximum absolute atomic E-state index is 10.8. The molecule has 12 heavy (non-hydrogen) atoms. The first-order chi connectivity index (χ1) is 5.70. The topological polar surface area (TPSA) is 26.3 Å². The van der Waals surface area contributed by atoms with E-state index in [1.807, 2.05) is 0 Å². The molecule has 2 nitrogen and oxygen atoms in total. The Balaban J connectivity index is 3.62. The number of esters is 1. The number of hydrogen-bond donors (Lipinski definition) is 0. The molecule has 0 aromatic carbocycles. The second kappa shape index (κ2) is 7.58. The average Bonchev–Trinajstić information content (AvgIpc) is 2.05. The summed E-state index contributed by atoms with van der Waals surface area (Å²) in [5, 5.41) is 0. The van der Waals surface area contributed by atoms with E-state index in [-0.39, 0.29) is 5.97 Å². The summed E-state index contributed by atoms with van der Waals surface area (Å²) in [4.78, 5) is 10.8. The maximum atomic E-state index is 10.8. The van der Waals surface area contributed by atoms with Gasteiger partial charge in [0.2, 0.25) is 0 Å². The number of ether oxygens (including phenoxy) is 1. The minimum atomic E-state index is -0.254. The molecule has 0 unspecified atom stereocenters. The van der Waals surface area contributed by atoms with Crippen LogP contribution in [-0.2, 0) is 9.53 Å². The first-order valence-electron chi connectivity index (χ1n) is 4.14. The summed E-state index contributed by atoms with van der Waals surface area (Å²) in [6.07, 6.45) is 6.13.